The lowest BCUT2D eigenvalue weighted by Gasteiger charge is -2.11. The second-order valence-corrected chi connectivity index (χ2v) is 21.5. The van der Waals surface area contributed by atoms with Gasteiger partial charge in [0.2, 0.25) is 10.0 Å². The lowest BCUT2D eigenvalue weighted by atomic mass is 10.1. The molecule has 0 unspecified atom stereocenters. The molecule has 22 heteroatoms. The molecule has 0 radical (unpaired) electrons. The van der Waals surface area contributed by atoms with Gasteiger partial charge in [0.25, 0.3) is 0 Å². The molecule has 2 aromatic heterocycles. The monoisotopic (exact) mass is 1390 g/mol. The Kier molecular flexibility index (Phi) is 29.1. The number of carbonyl (C=O) groups excluding carboxylic acids is 4. The van der Waals surface area contributed by atoms with Crippen molar-refractivity contribution in [1.29, 1.82) is 0 Å². The van der Waals surface area contributed by atoms with Crippen LogP contribution in [0.2, 0.25) is 0 Å². The van der Waals surface area contributed by atoms with E-state index in [9.17, 15) is 36.4 Å². The number of carbonyl (C=O) groups is 4. The fourth-order valence-corrected chi connectivity index (χ4v) is 10.6. The standard InChI is InChI=1S/C16H16Br2FNO2.C15H13Br3FNO2.C12H17NO2.C11H15NO4S/c1-3-12-13(16(21)22-4-2)14(17)15(18)20(12)9-10-5-7-11(19)8-6-10;1-2-22-15(21)12-11(7-16)20(14(18)13(12)17)8-9-3-5-10(19)6-4-9;1-3-15-12(14)9-13-8-11-6-4-10(2)5-7-11;1-3-16-11(13)8-12-17(14,15)10-6-4-9(2)5-7-10/h5-8H,3-4,9H2,1-2H3;3-6H,2,7-8H2,1H3;4-7,13H,3,8-9H2,1-2H3;4-7,12H,3,8H2,1-2H3. The molecule has 2 N–H and O–H groups in total. The van der Waals surface area contributed by atoms with Crippen LogP contribution in [0.4, 0.5) is 8.78 Å². The molecule has 0 fully saturated rings. The third kappa shape index (κ3) is 20.7. The summed E-state index contributed by atoms with van der Waals surface area (Å²) in [4.78, 5) is 46.5. The van der Waals surface area contributed by atoms with Gasteiger partial charge in [-0.2, -0.15) is 4.72 Å². The first kappa shape index (κ1) is 65.7. The van der Waals surface area contributed by atoms with Crippen LogP contribution in [-0.2, 0) is 69.9 Å². The molecule has 0 aliphatic heterocycles. The van der Waals surface area contributed by atoms with E-state index in [2.05, 4.69) is 113 Å². The third-order valence-corrected chi connectivity index (χ3v) is 16.7. The number of esters is 4. The number of nitrogens with one attached hydrogen (secondary N) is 2. The van der Waals surface area contributed by atoms with Crippen molar-refractivity contribution < 1.29 is 55.3 Å². The number of hydrogen-bond donors (Lipinski definition) is 2. The number of aryl methyl sites for hydroxylation is 2. The molecule has 2 heterocycles. The Morgan fingerprint density at radius 2 is 0.921 bits per heavy atom. The molecule has 76 heavy (non-hydrogen) atoms. The van der Waals surface area contributed by atoms with E-state index in [4.69, 9.17) is 14.2 Å². The Morgan fingerprint density at radius 3 is 1.33 bits per heavy atom. The smallest absolute Gasteiger partial charge is 0.341 e. The maximum Gasteiger partial charge on any atom is 0.341 e. The van der Waals surface area contributed by atoms with Crippen LogP contribution in [0.5, 0.6) is 0 Å². The zero-order valence-corrected chi connectivity index (χ0v) is 51.8. The van der Waals surface area contributed by atoms with Crippen molar-refractivity contribution in [2.24, 2.45) is 0 Å². The summed E-state index contributed by atoms with van der Waals surface area (Å²) in [6.45, 7) is 15.9. The molecular weight excluding hydrogens is 1330 g/mol. The van der Waals surface area contributed by atoms with Crippen molar-refractivity contribution >= 4 is 114 Å². The molecule has 0 amide bonds. The zero-order chi connectivity index (χ0) is 56.5. The molecule has 412 valence electrons. The van der Waals surface area contributed by atoms with Crippen molar-refractivity contribution in [3.63, 3.8) is 0 Å². The van der Waals surface area contributed by atoms with Gasteiger partial charge in [-0.25, -0.2) is 26.8 Å². The van der Waals surface area contributed by atoms with E-state index in [1.165, 1.54) is 47.5 Å². The summed E-state index contributed by atoms with van der Waals surface area (Å²) in [5, 5.41) is 3.52. The van der Waals surface area contributed by atoms with Gasteiger partial charge in [0.05, 0.1) is 57.9 Å². The second-order valence-electron chi connectivity index (χ2n) is 16.0. The molecule has 0 aliphatic carbocycles. The third-order valence-electron chi connectivity index (χ3n) is 10.5. The number of halogens is 7. The molecule has 4 aromatic carbocycles. The van der Waals surface area contributed by atoms with Crippen LogP contribution in [-0.4, -0.2) is 80.9 Å². The molecule has 0 bridgehead atoms. The van der Waals surface area contributed by atoms with Crippen LogP contribution in [0, 0.1) is 25.5 Å². The van der Waals surface area contributed by atoms with E-state index in [1.807, 2.05) is 35.1 Å². The minimum absolute atomic E-state index is 0.132. The van der Waals surface area contributed by atoms with Crippen molar-refractivity contribution in [3.8, 4) is 0 Å². The fraction of sp³-hybridized carbons (Fsp3) is 0.333. The van der Waals surface area contributed by atoms with Crippen molar-refractivity contribution in [1.82, 2.24) is 19.2 Å². The number of sulfonamides is 1. The Morgan fingerprint density at radius 1 is 0.539 bits per heavy atom. The van der Waals surface area contributed by atoms with Gasteiger partial charge in [0.15, 0.2) is 0 Å². The highest BCUT2D eigenvalue weighted by molar-refractivity contribution is 9.13. The molecule has 14 nitrogen and oxygen atoms in total. The molecule has 0 spiro atoms. The Bertz CT molecular complexity index is 2820. The summed E-state index contributed by atoms with van der Waals surface area (Å²) in [5.74, 6) is -2.05. The average Bonchev–Trinajstić information content (AvgIpc) is 3.78. The van der Waals surface area contributed by atoms with E-state index >= 15 is 0 Å². The summed E-state index contributed by atoms with van der Waals surface area (Å²) < 4.78 is 78.1. The lowest BCUT2D eigenvalue weighted by molar-refractivity contribution is -0.142. The second kappa shape index (κ2) is 33.7. The predicted molar refractivity (Wildman–Crippen MR) is 307 cm³/mol. The van der Waals surface area contributed by atoms with E-state index in [0.717, 1.165) is 37.3 Å². The van der Waals surface area contributed by atoms with Crippen LogP contribution in [0.25, 0.3) is 0 Å². The Balaban J connectivity index is 0.000000270. The van der Waals surface area contributed by atoms with Gasteiger partial charge in [0.1, 0.15) is 27.4 Å². The van der Waals surface area contributed by atoms with Crippen molar-refractivity contribution in [2.45, 2.75) is 84.7 Å². The number of alkyl halides is 1. The summed E-state index contributed by atoms with van der Waals surface area (Å²) in [6.07, 6.45) is 0.680. The number of benzene rings is 4. The predicted octanol–water partition coefficient (Wildman–Crippen LogP) is 12.7. The highest BCUT2D eigenvalue weighted by atomic mass is 79.9. The maximum absolute atomic E-state index is 13.0. The zero-order valence-electron chi connectivity index (χ0n) is 43.0. The van der Waals surface area contributed by atoms with Gasteiger partial charge in [-0.1, -0.05) is 94.6 Å². The first-order chi connectivity index (χ1) is 36.2. The molecule has 0 saturated carbocycles. The van der Waals surface area contributed by atoms with Crippen molar-refractivity contribution in [3.05, 3.63) is 177 Å². The SMILES string of the molecule is CCOC(=O)CNCc1ccc(C)cc1.CCOC(=O)CNS(=O)(=O)c1ccc(C)cc1.CCOC(=O)c1c(Br)c(Br)n(Cc2ccc(F)cc2)c1CBr.CCOC(=O)c1c(Br)c(Br)n(Cc2ccc(F)cc2)c1CC. The molecule has 0 aliphatic rings. The molecule has 6 aromatic rings. The molecule has 6 rings (SSSR count). The van der Waals surface area contributed by atoms with Crippen LogP contribution in [0.1, 0.15) is 94.5 Å². The fourth-order valence-electron chi connectivity index (χ4n) is 6.80. The van der Waals surface area contributed by atoms with E-state index in [-0.39, 0.29) is 54.1 Å². The quantitative estimate of drug-likeness (QED) is 0.0423. The summed E-state index contributed by atoms with van der Waals surface area (Å²) in [6, 6.07) is 27.2. The lowest BCUT2D eigenvalue weighted by Crippen LogP contribution is -2.30. The first-order valence-electron chi connectivity index (χ1n) is 23.8. The number of aromatic nitrogens is 2. The van der Waals surface area contributed by atoms with Crippen LogP contribution >= 0.6 is 79.6 Å². The van der Waals surface area contributed by atoms with Gasteiger partial charge < -0.3 is 33.4 Å². The largest absolute Gasteiger partial charge is 0.465 e. The molecule has 0 saturated heterocycles. The van der Waals surface area contributed by atoms with E-state index in [1.54, 1.807) is 64.1 Å². The van der Waals surface area contributed by atoms with E-state index < -0.39 is 16.0 Å². The van der Waals surface area contributed by atoms with Gasteiger partial charge in [-0.3, -0.25) is 9.59 Å². The Labute approximate surface area is 485 Å². The normalized spacial score (nSPS) is 10.7. The number of ether oxygens (including phenoxy) is 4. The van der Waals surface area contributed by atoms with Gasteiger partial charge in [-0.05, 0) is 165 Å². The number of rotatable bonds is 20. The number of nitrogens with zero attached hydrogens (tertiary/aromatic N) is 2. The van der Waals surface area contributed by atoms with Crippen LogP contribution in [0.3, 0.4) is 0 Å². The summed E-state index contributed by atoms with van der Waals surface area (Å²) >= 11 is 17.3. The summed E-state index contributed by atoms with van der Waals surface area (Å²) in [7, 11) is -3.64. The van der Waals surface area contributed by atoms with Gasteiger partial charge in [0, 0.05) is 36.4 Å². The maximum atomic E-state index is 13.0. The van der Waals surface area contributed by atoms with Crippen molar-refractivity contribution in [2.75, 3.05) is 39.5 Å². The average molecular weight is 1400 g/mol. The van der Waals surface area contributed by atoms with Crippen LogP contribution in [0.15, 0.2) is 120 Å². The van der Waals surface area contributed by atoms with Gasteiger partial charge >= 0.3 is 23.9 Å². The van der Waals surface area contributed by atoms with Crippen LogP contribution < -0.4 is 10.0 Å². The first-order valence-corrected chi connectivity index (χ1v) is 29.6. The Hall–Kier alpha value is -4.55. The molecule has 0 atom stereocenters. The van der Waals surface area contributed by atoms with Gasteiger partial charge in [-0.15, -0.1) is 0 Å². The minimum atomic E-state index is -3.64. The highest BCUT2D eigenvalue weighted by Crippen LogP contribution is 2.36. The summed E-state index contributed by atoms with van der Waals surface area (Å²) in [5.41, 5.74) is 7.97. The number of hydrogen-bond acceptors (Lipinski definition) is 11. The molecular formula is C54H61Br5F2N4O10S. The topological polar surface area (TPSA) is 173 Å². The minimum Gasteiger partial charge on any atom is -0.465 e. The van der Waals surface area contributed by atoms with E-state index in [0.29, 0.717) is 71.3 Å². The highest BCUT2D eigenvalue weighted by Gasteiger charge is 2.27.